The first-order chi connectivity index (χ1) is 4.72. The monoisotopic (exact) mass is 140 g/mol. The van der Waals surface area contributed by atoms with Crippen LogP contribution < -0.4 is 0 Å². The Balaban J connectivity index is 3.72. The van der Waals surface area contributed by atoms with Gasteiger partial charge >= 0.3 is 0 Å². The summed E-state index contributed by atoms with van der Waals surface area (Å²) in [5, 5.41) is 0. The zero-order valence-corrected chi connectivity index (χ0v) is 7.72. The van der Waals surface area contributed by atoms with Gasteiger partial charge in [-0.15, -0.1) is 0 Å². The van der Waals surface area contributed by atoms with E-state index in [9.17, 15) is 0 Å². The van der Waals surface area contributed by atoms with Gasteiger partial charge in [0.25, 0.3) is 0 Å². The normalized spacial score (nSPS) is 14.9. The van der Waals surface area contributed by atoms with Gasteiger partial charge < -0.3 is 0 Å². The first kappa shape index (κ1) is 9.74. The predicted octanol–water partition coefficient (Wildman–Crippen LogP) is 3.63. The summed E-state index contributed by atoms with van der Waals surface area (Å²) in [5.74, 6) is 1.60. The summed E-state index contributed by atoms with van der Waals surface area (Å²) < 4.78 is 0. The van der Waals surface area contributed by atoms with Crippen LogP contribution >= 0.6 is 0 Å². The maximum absolute atomic E-state index is 2.33. The molecule has 10 heavy (non-hydrogen) atoms. The second-order valence-corrected chi connectivity index (χ2v) is 3.22. The van der Waals surface area contributed by atoms with Gasteiger partial charge in [0.15, 0.2) is 0 Å². The lowest BCUT2D eigenvalue weighted by Crippen LogP contribution is -2.04. The molecule has 0 saturated carbocycles. The summed E-state index contributed by atoms with van der Waals surface area (Å²) >= 11 is 0. The van der Waals surface area contributed by atoms with Gasteiger partial charge in [-0.1, -0.05) is 39.3 Å². The molecule has 0 N–H and O–H groups in total. The van der Waals surface area contributed by atoms with E-state index in [-0.39, 0.29) is 0 Å². The topological polar surface area (TPSA) is 0 Å². The average molecular weight is 140 g/mol. The van der Waals surface area contributed by atoms with E-state index in [1.54, 1.807) is 0 Å². The molecule has 0 amide bonds. The fourth-order valence-corrected chi connectivity index (χ4v) is 1.23. The van der Waals surface area contributed by atoms with Crippen LogP contribution in [-0.4, -0.2) is 0 Å². The fraction of sp³-hybridized carbons (Fsp3) is 0.800. The van der Waals surface area contributed by atoms with Crippen LogP contribution in [0.15, 0.2) is 12.2 Å². The lowest BCUT2D eigenvalue weighted by atomic mass is 9.91. The Morgan fingerprint density at radius 1 is 1.30 bits per heavy atom. The molecule has 60 valence electrons. The van der Waals surface area contributed by atoms with Crippen molar-refractivity contribution in [2.45, 2.75) is 40.5 Å². The summed E-state index contributed by atoms with van der Waals surface area (Å²) in [6.07, 6.45) is 7.13. The molecule has 0 aromatic carbocycles. The molecule has 0 nitrogen and oxygen atoms in total. The van der Waals surface area contributed by atoms with Gasteiger partial charge in [0.2, 0.25) is 0 Å². The fourth-order valence-electron chi connectivity index (χ4n) is 1.23. The third-order valence-corrected chi connectivity index (χ3v) is 1.92. The Bertz CT molecular complexity index is 90.2. The van der Waals surface area contributed by atoms with Gasteiger partial charge in [-0.3, -0.25) is 0 Å². The van der Waals surface area contributed by atoms with E-state index < -0.39 is 0 Å². The molecule has 1 atom stereocenters. The van der Waals surface area contributed by atoms with Crippen molar-refractivity contribution in [3.05, 3.63) is 12.2 Å². The maximum Gasteiger partial charge on any atom is -0.0211 e. The van der Waals surface area contributed by atoms with Crippen LogP contribution in [0.4, 0.5) is 0 Å². The quantitative estimate of drug-likeness (QED) is 0.523. The molecular formula is C10H20. The predicted molar refractivity (Wildman–Crippen MR) is 48.1 cm³/mol. The molecule has 0 aromatic heterocycles. The molecule has 0 spiro atoms. The van der Waals surface area contributed by atoms with Crippen LogP contribution in [0, 0.1) is 11.8 Å². The summed E-state index contributed by atoms with van der Waals surface area (Å²) in [6.45, 7) is 8.94. The average Bonchev–Trinajstić information content (AvgIpc) is 1.87. The van der Waals surface area contributed by atoms with Crippen LogP contribution in [0.2, 0.25) is 0 Å². The van der Waals surface area contributed by atoms with E-state index >= 15 is 0 Å². The van der Waals surface area contributed by atoms with Crippen molar-refractivity contribution < 1.29 is 0 Å². The molecule has 0 aliphatic rings. The van der Waals surface area contributed by atoms with E-state index in [4.69, 9.17) is 0 Å². The van der Waals surface area contributed by atoms with Crippen molar-refractivity contribution >= 4 is 0 Å². The standard InChI is InChI=1S/C10H20/c1-5-7-10(8-6-2)9(3)4/h5,7,9-10H,6,8H2,1-4H3/b7-5-/t10-/m0/s1. The first-order valence-corrected chi connectivity index (χ1v) is 4.35. The molecule has 0 aliphatic carbocycles. The van der Waals surface area contributed by atoms with Crippen LogP contribution in [0.1, 0.15) is 40.5 Å². The zero-order valence-electron chi connectivity index (χ0n) is 7.72. The second-order valence-electron chi connectivity index (χ2n) is 3.22. The van der Waals surface area contributed by atoms with Gasteiger partial charge in [-0.2, -0.15) is 0 Å². The molecule has 0 unspecified atom stereocenters. The summed E-state index contributed by atoms with van der Waals surface area (Å²) in [7, 11) is 0. The molecule has 0 radical (unpaired) electrons. The summed E-state index contributed by atoms with van der Waals surface area (Å²) in [5.41, 5.74) is 0. The zero-order chi connectivity index (χ0) is 7.98. The molecule has 0 rings (SSSR count). The van der Waals surface area contributed by atoms with Gasteiger partial charge in [0.1, 0.15) is 0 Å². The van der Waals surface area contributed by atoms with E-state index in [1.807, 2.05) is 0 Å². The molecule has 0 heterocycles. The lowest BCUT2D eigenvalue weighted by molar-refractivity contribution is 0.432. The van der Waals surface area contributed by atoms with Crippen LogP contribution in [0.25, 0.3) is 0 Å². The van der Waals surface area contributed by atoms with E-state index in [0.29, 0.717) is 0 Å². The van der Waals surface area contributed by atoms with E-state index in [1.165, 1.54) is 12.8 Å². The van der Waals surface area contributed by atoms with Gasteiger partial charge in [-0.25, -0.2) is 0 Å². The number of hydrogen-bond acceptors (Lipinski definition) is 0. The Morgan fingerprint density at radius 2 is 1.90 bits per heavy atom. The number of allylic oxidation sites excluding steroid dienone is 2. The molecule has 0 fully saturated rings. The van der Waals surface area contributed by atoms with Crippen LogP contribution in [0.3, 0.4) is 0 Å². The van der Waals surface area contributed by atoms with Crippen LogP contribution in [0.5, 0.6) is 0 Å². The van der Waals surface area contributed by atoms with Gasteiger partial charge in [-0.05, 0) is 25.2 Å². The van der Waals surface area contributed by atoms with Crippen molar-refractivity contribution in [1.29, 1.82) is 0 Å². The van der Waals surface area contributed by atoms with Crippen molar-refractivity contribution in [2.24, 2.45) is 11.8 Å². The lowest BCUT2D eigenvalue weighted by Gasteiger charge is -2.14. The van der Waals surface area contributed by atoms with E-state index in [0.717, 1.165) is 11.8 Å². The molecule has 0 aromatic rings. The highest BCUT2D eigenvalue weighted by Gasteiger charge is 2.06. The molecule has 0 saturated heterocycles. The summed E-state index contributed by atoms with van der Waals surface area (Å²) in [6, 6.07) is 0. The van der Waals surface area contributed by atoms with Crippen molar-refractivity contribution in [3.8, 4) is 0 Å². The minimum Gasteiger partial charge on any atom is -0.0914 e. The molecule has 0 aliphatic heterocycles. The third-order valence-electron chi connectivity index (χ3n) is 1.92. The van der Waals surface area contributed by atoms with Crippen molar-refractivity contribution in [3.63, 3.8) is 0 Å². The SMILES string of the molecule is C/C=C\[C@@H](CCC)C(C)C. The highest BCUT2D eigenvalue weighted by Crippen LogP contribution is 2.17. The Kier molecular flexibility index (Phi) is 5.38. The minimum absolute atomic E-state index is 0.801. The van der Waals surface area contributed by atoms with Crippen LogP contribution in [-0.2, 0) is 0 Å². The number of rotatable bonds is 4. The Labute approximate surface area is 65.3 Å². The summed E-state index contributed by atoms with van der Waals surface area (Å²) in [4.78, 5) is 0. The number of hydrogen-bond donors (Lipinski definition) is 0. The highest BCUT2D eigenvalue weighted by atomic mass is 14.1. The minimum atomic E-state index is 0.801. The molecular weight excluding hydrogens is 120 g/mol. The molecule has 0 bridgehead atoms. The highest BCUT2D eigenvalue weighted by molar-refractivity contribution is 4.86. The largest absolute Gasteiger partial charge is 0.0914 e. The van der Waals surface area contributed by atoms with Crippen molar-refractivity contribution in [2.75, 3.05) is 0 Å². The first-order valence-electron chi connectivity index (χ1n) is 4.35. The maximum atomic E-state index is 2.33. The molecule has 0 heteroatoms. The third kappa shape index (κ3) is 3.71. The smallest absolute Gasteiger partial charge is 0.0211 e. The van der Waals surface area contributed by atoms with Crippen molar-refractivity contribution in [1.82, 2.24) is 0 Å². The van der Waals surface area contributed by atoms with E-state index in [2.05, 4.69) is 39.8 Å². The second kappa shape index (κ2) is 5.52. The van der Waals surface area contributed by atoms with Gasteiger partial charge in [0.05, 0.1) is 0 Å². The Hall–Kier alpha value is -0.260. The Morgan fingerprint density at radius 3 is 2.20 bits per heavy atom. The van der Waals surface area contributed by atoms with Gasteiger partial charge in [0, 0.05) is 0 Å².